The summed E-state index contributed by atoms with van der Waals surface area (Å²) in [6.45, 7) is 0. The van der Waals surface area contributed by atoms with Gasteiger partial charge in [-0.05, 0) is 43.6 Å². The van der Waals surface area contributed by atoms with Crippen molar-refractivity contribution in [3.63, 3.8) is 0 Å². The molecular formula is C12H15NO4S2. The molecule has 1 aromatic heterocycles. The van der Waals surface area contributed by atoms with Crippen molar-refractivity contribution in [2.24, 2.45) is 11.8 Å². The minimum Gasteiger partial charge on any atom is -0.477 e. The van der Waals surface area contributed by atoms with Crippen molar-refractivity contribution in [3.8, 4) is 0 Å². The predicted molar refractivity (Wildman–Crippen MR) is 70.8 cm³/mol. The second-order valence-electron chi connectivity index (χ2n) is 5.27. The molecule has 5 nitrogen and oxygen atoms in total. The van der Waals surface area contributed by atoms with Crippen LogP contribution in [0.1, 0.15) is 35.4 Å². The maximum absolute atomic E-state index is 12.2. The fourth-order valence-corrected chi connectivity index (χ4v) is 4.79. The molecule has 0 atom stereocenters. The molecule has 7 heteroatoms. The first-order valence-corrected chi connectivity index (χ1v) is 8.68. The summed E-state index contributed by atoms with van der Waals surface area (Å²) < 4.78 is 27.3. The molecule has 2 fully saturated rings. The third kappa shape index (κ3) is 2.82. The Hall–Kier alpha value is -0.920. The Morgan fingerprint density at radius 1 is 1.32 bits per heavy atom. The van der Waals surface area contributed by atoms with Crippen LogP contribution < -0.4 is 4.72 Å². The molecular weight excluding hydrogens is 286 g/mol. The summed E-state index contributed by atoms with van der Waals surface area (Å²) in [5, 5.41) is 10.2. The monoisotopic (exact) mass is 301 g/mol. The Balaban J connectivity index is 1.78. The molecule has 0 radical (unpaired) electrons. The fourth-order valence-electron chi connectivity index (χ4n) is 2.31. The number of thiophene rings is 1. The highest BCUT2D eigenvalue weighted by atomic mass is 32.2. The van der Waals surface area contributed by atoms with Crippen LogP contribution in [0.15, 0.2) is 16.3 Å². The molecule has 0 spiro atoms. The maximum Gasteiger partial charge on any atom is 0.345 e. The lowest BCUT2D eigenvalue weighted by Crippen LogP contribution is -2.37. The van der Waals surface area contributed by atoms with E-state index in [4.69, 9.17) is 5.11 Å². The lowest BCUT2D eigenvalue weighted by Gasteiger charge is -2.16. The van der Waals surface area contributed by atoms with E-state index in [0.717, 1.165) is 37.0 Å². The van der Waals surface area contributed by atoms with Gasteiger partial charge in [-0.3, -0.25) is 0 Å². The Kier molecular flexibility index (Phi) is 3.15. The molecule has 104 valence electrons. The number of nitrogens with one attached hydrogen (secondary N) is 1. The van der Waals surface area contributed by atoms with Crippen molar-refractivity contribution in [2.45, 2.75) is 36.6 Å². The van der Waals surface area contributed by atoms with E-state index >= 15 is 0 Å². The zero-order chi connectivity index (χ0) is 13.6. The highest BCUT2D eigenvalue weighted by molar-refractivity contribution is 7.89. The minimum absolute atomic E-state index is 0.0400. The van der Waals surface area contributed by atoms with Gasteiger partial charge in [0.25, 0.3) is 0 Å². The van der Waals surface area contributed by atoms with Crippen molar-refractivity contribution in [1.82, 2.24) is 4.72 Å². The van der Waals surface area contributed by atoms with Gasteiger partial charge >= 0.3 is 5.97 Å². The number of hydrogen-bond donors (Lipinski definition) is 2. The van der Waals surface area contributed by atoms with Crippen molar-refractivity contribution in [1.29, 1.82) is 0 Å². The lowest BCUT2D eigenvalue weighted by atomic mass is 10.1. The first kappa shape index (κ1) is 13.1. The summed E-state index contributed by atoms with van der Waals surface area (Å²) in [5.41, 5.74) is 0. The number of hydrogen-bond acceptors (Lipinski definition) is 4. The van der Waals surface area contributed by atoms with E-state index < -0.39 is 16.0 Å². The smallest absolute Gasteiger partial charge is 0.345 e. The number of carboxylic acids is 1. The molecule has 0 aromatic carbocycles. The summed E-state index contributed by atoms with van der Waals surface area (Å²) >= 11 is 0.941. The second kappa shape index (κ2) is 4.57. The topological polar surface area (TPSA) is 83.5 Å². The maximum atomic E-state index is 12.2. The molecule has 0 bridgehead atoms. The van der Waals surface area contributed by atoms with Crippen LogP contribution in [0.5, 0.6) is 0 Å². The van der Waals surface area contributed by atoms with Crippen molar-refractivity contribution < 1.29 is 18.3 Å². The largest absolute Gasteiger partial charge is 0.477 e. The van der Waals surface area contributed by atoms with Crippen LogP contribution in [0.25, 0.3) is 0 Å². The molecule has 2 saturated carbocycles. The molecule has 3 rings (SSSR count). The van der Waals surface area contributed by atoms with E-state index in [2.05, 4.69) is 4.72 Å². The molecule has 0 aliphatic heterocycles. The SMILES string of the molecule is O=C(O)c1cc(S(=O)(=O)NC(C2CC2)C2CC2)cs1. The Labute approximate surface area is 115 Å². The number of carboxylic acid groups (broad SMARTS) is 1. The zero-order valence-corrected chi connectivity index (χ0v) is 11.8. The zero-order valence-electron chi connectivity index (χ0n) is 10.2. The first-order valence-electron chi connectivity index (χ1n) is 6.31. The molecule has 0 saturated heterocycles. The van der Waals surface area contributed by atoms with Gasteiger partial charge in [0.2, 0.25) is 10.0 Å². The van der Waals surface area contributed by atoms with Crippen molar-refractivity contribution >= 4 is 27.3 Å². The highest BCUT2D eigenvalue weighted by Gasteiger charge is 2.43. The summed E-state index contributed by atoms with van der Waals surface area (Å²) in [6, 6.07) is 1.27. The van der Waals surface area contributed by atoms with E-state index in [1.54, 1.807) is 0 Å². The van der Waals surface area contributed by atoms with Crippen molar-refractivity contribution in [3.05, 3.63) is 16.3 Å². The van der Waals surface area contributed by atoms with E-state index in [9.17, 15) is 13.2 Å². The van der Waals surface area contributed by atoms with Gasteiger partial charge < -0.3 is 5.11 Å². The Bertz CT molecular complexity index is 587. The number of sulfonamides is 1. The van der Waals surface area contributed by atoms with E-state index in [-0.39, 0.29) is 15.8 Å². The van der Waals surface area contributed by atoms with Gasteiger partial charge in [0.15, 0.2) is 0 Å². The molecule has 2 aliphatic carbocycles. The van der Waals surface area contributed by atoms with Crippen LogP contribution in [0.4, 0.5) is 0 Å². The Morgan fingerprint density at radius 3 is 2.32 bits per heavy atom. The normalized spacial score (nSPS) is 19.8. The van der Waals surface area contributed by atoms with Gasteiger partial charge in [0, 0.05) is 11.4 Å². The average Bonchev–Trinajstić information content (AvgIpc) is 3.24. The van der Waals surface area contributed by atoms with Crippen molar-refractivity contribution in [2.75, 3.05) is 0 Å². The quantitative estimate of drug-likeness (QED) is 0.840. The summed E-state index contributed by atoms with van der Waals surface area (Å²) in [7, 11) is -3.59. The van der Waals surface area contributed by atoms with Crippen LogP contribution in [0.3, 0.4) is 0 Å². The van der Waals surface area contributed by atoms with E-state index in [1.807, 2.05) is 0 Å². The molecule has 1 aromatic rings. The van der Waals surface area contributed by atoms with Gasteiger partial charge in [0.1, 0.15) is 4.88 Å². The summed E-state index contributed by atoms with van der Waals surface area (Å²) in [5.74, 6) is -0.146. The predicted octanol–water partition coefficient (Wildman–Crippen LogP) is 1.91. The molecule has 2 aliphatic rings. The molecule has 1 heterocycles. The molecule has 2 N–H and O–H groups in total. The van der Waals surface area contributed by atoms with Crippen LogP contribution in [-0.4, -0.2) is 25.5 Å². The second-order valence-corrected chi connectivity index (χ2v) is 7.90. The third-order valence-corrected chi connectivity index (χ3v) is 6.15. The number of carbonyl (C=O) groups is 1. The fraction of sp³-hybridized carbons (Fsp3) is 0.583. The van der Waals surface area contributed by atoms with Crippen LogP contribution >= 0.6 is 11.3 Å². The van der Waals surface area contributed by atoms with Crippen LogP contribution in [0.2, 0.25) is 0 Å². The summed E-state index contributed by atoms with van der Waals surface area (Å²) in [6.07, 6.45) is 4.36. The van der Waals surface area contributed by atoms with Crippen LogP contribution in [-0.2, 0) is 10.0 Å². The lowest BCUT2D eigenvalue weighted by molar-refractivity contribution is 0.0702. The molecule has 0 unspecified atom stereocenters. The van der Waals surface area contributed by atoms with Gasteiger partial charge in [-0.2, -0.15) is 0 Å². The van der Waals surface area contributed by atoms with Gasteiger partial charge in [-0.25, -0.2) is 17.9 Å². The molecule has 19 heavy (non-hydrogen) atoms. The highest BCUT2D eigenvalue weighted by Crippen LogP contribution is 2.45. The van der Waals surface area contributed by atoms with E-state index in [0.29, 0.717) is 11.8 Å². The summed E-state index contributed by atoms with van der Waals surface area (Å²) in [4.78, 5) is 10.9. The first-order chi connectivity index (χ1) is 8.97. The molecule has 0 amide bonds. The van der Waals surface area contributed by atoms with E-state index in [1.165, 1.54) is 11.4 Å². The number of rotatable bonds is 6. The number of aromatic carboxylic acids is 1. The minimum atomic E-state index is -3.59. The van der Waals surface area contributed by atoms with Gasteiger partial charge in [-0.1, -0.05) is 0 Å². The Morgan fingerprint density at radius 2 is 1.89 bits per heavy atom. The van der Waals surface area contributed by atoms with Gasteiger partial charge in [0.05, 0.1) is 4.90 Å². The average molecular weight is 301 g/mol. The standard InChI is InChI=1S/C12H15NO4S2/c14-12(15)10-5-9(6-18-10)19(16,17)13-11(7-1-2-7)8-3-4-8/h5-8,11,13H,1-4H2,(H,14,15). The van der Waals surface area contributed by atoms with Gasteiger partial charge in [-0.15, -0.1) is 11.3 Å². The third-order valence-electron chi connectivity index (χ3n) is 3.65. The van der Waals surface area contributed by atoms with Crippen LogP contribution in [0, 0.1) is 11.8 Å².